The summed E-state index contributed by atoms with van der Waals surface area (Å²) < 4.78 is 5.32. The molecule has 0 atom stereocenters. The van der Waals surface area contributed by atoms with Crippen molar-refractivity contribution >= 4 is 11.8 Å². The third-order valence-electron chi connectivity index (χ3n) is 5.70. The summed E-state index contributed by atoms with van der Waals surface area (Å²) >= 11 is 0. The highest BCUT2D eigenvalue weighted by Gasteiger charge is 2.51. The lowest BCUT2D eigenvalue weighted by Crippen LogP contribution is -2.36. The second kappa shape index (κ2) is 7.13. The molecule has 0 bridgehead atoms. The van der Waals surface area contributed by atoms with E-state index in [4.69, 9.17) is 4.52 Å². The normalized spacial score (nSPS) is 18.9. The van der Waals surface area contributed by atoms with E-state index in [0.29, 0.717) is 11.7 Å². The summed E-state index contributed by atoms with van der Waals surface area (Å²) in [5.41, 5.74) is 0.662. The first-order valence-corrected chi connectivity index (χ1v) is 9.50. The molecule has 0 unspecified atom stereocenters. The summed E-state index contributed by atoms with van der Waals surface area (Å²) in [7, 11) is 0. The van der Waals surface area contributed by atoms with Gasteiger partial charge in [0.25, 0.3) is 0 Å². The summed E-state index contributed by atoms with van der Waals surface area (Å²) in [5, 5.41) is 7.03. The number of nitrogens with zero attached hydrogens (tertiary/aromatic N) is 3. The van der Waals surface area contributed by atoms with E-state index in [1.165, 1.54) is 0 Å². The monoisotopic (exact) mass is 368 g/mol. The Kier molecular flexibility index (Phi) is 4.68. The Hall–Kier alpha value is -2.70. The molecule has 2 aliphatic rings. The van der Waals surface area contributed by atoms with E-state index in [0.717, 1.165) is 44.3 Å². The van der Waals surface area contributed by atoms with Gasteiger partial charge < -0.3 is 14.7 Å². The van der Waals surface area contributed by atoms with Crippen molar-refractivity contribution in [3.05, 3.63) is 47.6 Å². The zero-order chi connectivity index (χ0) is 18.9. The Morgan fingerprint density at radius 3 is 2.56 bits per heavy atom. The molecule has 2 fully saturated rings. The van der Waals surface area contributed by atoms with Crippen molar-refractivity contribution in [2.24, 2.45) is 0 Å². The highest BCUT2D eigenvalue weighted by Crippen LogP contribution is 2.48. The van der Waals surface area contributed by atoms with Gasteiger partial charge >= 0.3 is 0 Å². The molecule has 142 valence electrons. The first kappa shape index (κ1) is 17.7. The van der Waals surface area contributed by atoms with E-state index in [9.17, 15) is 9.59 Å². The van der Waals surface area contributed by atoms with Gasteiger partial charge in [0.05, 0.1) is 12.0 Å². The van der Waals surface area contributed by atoms with Crippen LogP contribution in [0.1, 0.15) is 55.8 Å². The van der Waals surface area contributed by atoms with E-state index >= 15 is 0 Å². The molecule has 27 heavy (non-hydrogen) atoms. The van der Waals surface area contributed by atoms with Crippen LogP contribution < -0.4 is 5.32 Å². The Morgan fingerprint density at radius 1 is 1.22 bits per heavy atom. The molecule has 1 N–H and O–H groups in total. The van der Waals surface area contributed by atoms with E-state index in [1.54, 1.807) is 6.92 Å². The van der Waals surface area contributed by atoms with Gasteiger partial charge in [0, 0.05) is 25.9 Å². The fraction of sp³-hybridized carbons (Fsp3) is 0.500. The molecule has 1 saturated carbocycles. The second-order valence-corrected chi connectivity index (χ2v) is 7.46. The largest absolute Gasteiger partial charge is 0.346 e. The lowest BCUT2D eigenvalue weighted by atomic mass is 9.95. The third kappa shape index (κ3) is 3.59. The van der Waals surface area contributed by atoms with Crippen LogP contribution in [-0.4, -0.2) is 39.9 Å². The number of carbonyl (C=O) groups excluding carboxylic acids is 2. The molecular formula is C20H24N4O3. The van der Waals surface area contributed by atoms with Crippen molar-refractivity contribution in [1.82, 2.24) is 20.4 Å². The fourth-order valence-corrected chi connectivity index (χ4v) is 3.81. The van der Waals surface area contributed by atoms with Gasteiger partial charge in [0.1, 0.15) is 0 Å². The minimum absolute atomic E-state index is 0.0169. The molecule has 0 spiro atoms. The number of likely N-dealkylation sites (tertiary alicyclic amines) is 1. The van der Waals surface area contributed by atoms with Gasteiger partial charge in [-0.2, -0.15) is 4.98 Å². The predicted molar refractivity (Wildman–Crippen MR) is 97.7 cm³/mol. The smallest absolute Gasteiger partial charge is 0.246 e. The van der Waals surface area contributed by atoms with Crippen molar-refractivity contribution in [2.75, 3.05) is 13.1 Å². The molecular weight excluding hydrogens is 344 g/mol. The summed E-state index contributed by atoms with van der Waals surface area (Å²) in [6.45, 7) is 3.28. The van der Waals surface area contributed by atoms with E-state index in [2.05, 4.69) is 15.5 Å². The van der Waals surface area contributed by atoms with Crippen LogP contribution in [0.15, 0.2) is 34.9 Å². The topological polar surface area (TPSA) is 88.3 Å². The predicted octanol–water partition coefficient (Wildman–Crippen LogP) is 2.14. The van der Waals surface area contributed by atoms with Crippen molar-refractivity contribution in [1.29, 1.82) is 0 Å². The Morgan fingerprint density at radius 2 is 1.93 bits per heavy atom. The number of nitrogens with one attached hydrogen (secondary N) is 1. The van der Waals surface area contributed by atoms with Gasteiger partial charge in [0.15, 0.2) is 5.82 Å². The molecule has 0 radical (unpaired) electrons. The maximum atomic E-state index is 12.7. The number of hydrogen-bond donors (Lipinski definition) is 1. The zero-order valence-electron chi connectivity index (χ0n) is 15.5. The Bertz CT molecular complexity index is 821. The number of piperidine rings is 1. The van der Waals surface area contributed by atoms with Gasteiger partial charge in [-0.1, -0.05) is 35.5 Å². The molecule has 2 aromatic rings. The Labute approximate surface area is 158 Å². The maximum absolute atomic E-state index is 12.7. The second-order valence-electron chi connectivity index (χ2n) is 7.46. The van der Waals surface area contributed by atoms with Crippen LogP contribution in [-0.2, 0) is 21.5 Å². The summed E-state index contributed by atoms with van der Waals surface area (Å²) in [6, 6.07) is 9.89. The lowest BCUT2D eigenvalue weighted by molar-refractivity contribution is -0.129. The van der Waals surface area contributed by atoms with Crippen LogP contribution in [0.25, 0.3) is 0 Å². The average molecular weight is 368 g/mol. The van der Waals surface area contributed by atoms with Gasteiger partial charge in [-0.05, 0) is 31.2 Å². The molecule has 1 aromatic carbocycles. The molecule has 1 aliphatic carbocycles. The van der Waals surface area contributed by atoms with Crippen LogP contribution in [0.2, 0.25) is 0 Å². The number of benzene rings is 1. The Balaban J connectivity index is 1.33. The molecule has 2 amide bonds. The third-order valence-corrected chi connectivity index (χ3v) is 5.70. The van der Waals surface area contributed by atoms with Gasteiger partial charge in [-0.25, -0.2) is 0 Å². The molecule has 2 heterocycles. The number of rotatable bonds is 5. The van der Waals surface area contributed by atoms with Gasteiger partial charge in [0.2, 0.25) is 17.7 Å². The van der Waals surface area contributed by atoms with E-state index in [-0.39, 0.29) is 24.3 Å². The summed E-state index contributed by atoms with van der Waals surface area (Å²) in [6.07, 6.45) is 3.41. The number of aromatic nitrogens is 2. The molecule has 7 nitrogen and oxygen atoms in total. The molecule has 4 rings (SSSR count). The van der Waals surface area contributed by atoms with Crippen LogP contribution in [0, 0.1) is 0 Å². The number of amides is 2. The highest BCUT2D eigenvalue weighted by atomic mass is 16.5. The van der Waals surface area contributed by atoms with Crippen molar-refractivity contribution in [2.45, 2.75) is 50.5 Å². The minimum atomic E-state index is -0.399. The van der Waals surface area contributed by atoms with Crippen molar-refractivity contribution in [3.8, 4) is 0 Å². The average Bonchev–Trinajstić information content (AvgIpc) is 3.38. The SMILES string of the molecule is CC(=O)N1CCC(c2noc(CNC(=O)C3(c4ccccc4)CC3)n2)CC1. The van der Waals surface area contributed by atoms with Crippen LogP contribution in [0.3, 0.4) is 0 Å². The highest BCUT2D eigenvalue weighted by molar-refractivity contribution is 5.91. The quantitative estimate of drug-likeness (QED) is 0.873. The number of hydrogen-bond acceptors (Lipinski definition) is 5. The summed E-state index contributed by atoms with van der Waals surface area (Å²) in [4.78, 5) is 30.4. The molecule has 7 heteroatoms. The first-order chi connectivity index (χ1) is 13.1. The van der Waals surface area contributed by atoms with Crippen LogP contribution in [0.4, 0.5) is 0 Å². The van der Waals surface area contributed by atoms with Crippen LogP contribution >= 0.6 is 0 Å². The number of carbonyl (C=O) groups is 2. The minimum Gasteiger partial charge on any atom is -0.346 e. The lowest BCUT2D eigenvalue weighted by Gasteiger charge is -2.29. The fourth-order valence-electron chi connectivity index (χ4n) is 3.81. The van der Waals surface area contributed by atoms with Gasteiger partial charge in [-0.15, -0.1) is 0 Å². The van der Waals surface area contributed by atoms with E-state index in [1.807, 2.05) is 35.2 Å². The van der Waals surface area contributed by atoms with E-state index < -0.39 is 5.41 Å². The van der Waals surface area contributed by atoms with Crippen molar-refractivity contribution in [3.63, 3.8) is 0 Å². The maximum Gasteiger partial charge on any atom is 0.246 e. The zero-order valence-corrected chi connectivity index (χ0v) is 15.5. The van der Waals surface area contributed by atoms with Gasteiger partial charge in [-0.3, -0.25) is 9.59 Å². The standard InChI is InChI=1S/C20H24N4O3/c1-14(25)24-11-7-15(8-12-24)18-22-17(27-23-18)13-21-19(26)20(9-10-20)16-5-3-2-4-6-16/h2-6,15H,7-13H2,1H3,(H,21,26). The summed E-state index contributed by atoms with van der Waals surface area (Å²) in [5.74, 6) is 1.43. The molecule has 1 aromatic heterocycles. The van der Waals surface area contributed by atoms with Crippen molar-refractivity contribution < 1.29 is 14.1 Å². The van der Waals surface area contributed by atoms with Crippen LogP contribution in [0.5, 0.6) is 0 Å². The molecule has 1 saturated heterocycles. The first-order valence-electron chi connectivity index (χ1n) is 9.50. The molecule has 1 aliphatic heterocycles.